The van der Waals surface area contributed by atoms with Gasteiger partial charge >= 0.3 is 0 Å². The van der Waals surface area contributed by atoms with Crippen LogP contribution in [-0.4, -0.2) is 19.5 Å². The first kappa shape index (κ1) is 15.7. The second kappa shape index (κ2) is 7.39. The number of nitriles is 1. The fourth-order valence-electron chi connectivity index (χ4n) is 2.34. The molecule has 0 bridgehead atoms. The summed E-state index contributed by atoms with van der Waals surface area (Å²) in [5.41, 5.74) is 3.69. The Morgan fingerprint density at radius 3 is 2.73 bits per heavy atom. The quantitative estimate of drug-likeness (QED) is 0.878. The van der Waals surface area contributed by atoms with Crippen LogP contribution in [0.15, 0.2) is 48.5 Å². The van der Waals surface area contributed by atoms with Gasteiger partial charge in [0.1, 0.15) is 6.54 Å². The van der Waals surface area contributed by atoms with Crippen molar-refractivity contribution in [3.05, 3.63) is 65.2 Å². The average Bonchev–Trinajstić information content (AvgIpc) is 2.49. The van der Waals surface area contributed by atoms with Gasteiger partial charge in [-0.3, -0.25) is 4.79 Å². The molecule has 0 aromatic heterocycles. The van der Waals surface area contributed by atoms with E-state index >= 15 is 0 Å². The van der Waals surface area contributed by atoms with E-state index in [2.05, 4.69) is 30.4 Å². The van der Waals surface area contributed by atoms with Gasteiger partial charge < -0.3 is 10.2 Å². The maximum absolute atomic E-state index is 12.1. The molecule has 4 heteroatoms. The van der Waals surface area contributed by atoms with Crippen LogP contribution in [-0.2, 0) is 11.3 Å². The van der Waals surface area contributed by atoms with Crippen molar-refractivity contribution < 1.29 is 9.69 Å². The number of aryl methyl sites for hydroxylation is 1. The van der Waals surface area contributed by atoms with E-state index in [0.29, 0.717) is 17.8 Å². The number of benzene rings is 2. The lowest BCUT2D eigenvalue weighted by atomic mass is 10.1. The minimum Gasteiger partial charge on any atom is -0.326 e. The number of nitrogens with zero attached hydrogens (tertiary/aromatic N) is 1. The molecule has 1 atom stereocenters. The molecule has 0 saturated heterocycles. The van der Waals surface area contributed by atoms with E-state index in [4.69, 9.17) is 5.26 Å². The first-order chi connectivity index (χ1) is 10.6. The molecular formula is C18H20N3O+. The van der Waals surface area contributed by atoms with Crippen molar-refractivity contribution in [2.24, 2.45) is 0 Å². The molecule has 112 valence electrons. The number of hydrogen-bond donors (Lipinski definition) is 2. The third kappa shape index (κ3) is 4.44. The third-order valence-corrected chi connectivity index (χ3v) is 3.49. The SMILES string of the molecule is Cc1ccccc1C[NH+](C)CC(=O)Nc1cccc(C#N)c1. The van der Waals surface area contributed by atoms with Crippen LogP contribution in [0.1, 0.15) is 16.7 Å². The Morgan fingerprint density at radius 1 is 1.23 bits per heavy atom. The second-order valence-electron chi connectivity index (χ2n) is 5.48. The molecule has 2 aromatic rings. The van der Waals surface area contributed by atoms with Crippen molar-refractivity contribution in [1.29, 1.82) is 5.26 Å². The highest BCUT2D eigenvalue weighted by atomic mass is 16.2. The molecule has 22 heavy (non-hydrogen) atoms. The van der Waals surface area contributed by atoms with Gasteiger partial charge in [0.05, 0.1) is 18.7 Å². The fourth-order valence-corrected chi connectivity index (χ4v) is 2.34. The lowest BCUT2D eigenvalue weighted by Gasteiger charge is -2.15. The summed E-state index contributed by atoms with van der Waals surface area (Å²) in [6.07, 6.45) is 0. The number of likely N-dealkylation sites (N-methyl/N-ethyl adjacent to an activating group) is 1. The molecule has 0 aliphatic carbocycles. The van der Waals surface area contributed by atoms with Crippen molar-refractivity contribution in [2.75, 3.05) is 18.9 Å². The largest absolute Gasteiger partial charge is 0.326 e. The molecule has 0 aliphatic rings. The van der Waals surface area contributed by atoms with Gasteiger partial charge in [-0.1, -0.05) is 30.3 Å². The molecule has 0 spiro atoms. The summed E-state index contributed by atoms with van der Waals surface area (Å²) in [5, 5.41) is 11.7. The molecule has 0 aliphatic heterocycles. The number of anilines is 1. The number of nitrogens with one attached hydrogen (secondary N) is 2. The van der Waals surface area contributed by atoms with Crippen molar-refractivity contribution in [1.82, 2.24) is 0 Å². The summed E-state index contributed by atoms with van der Waals surface area (Å²) in [7, 11) is 2.00. The Morgan fingerprint density at radius 2 is 2.00 bits per heavy atom. The molecule has 1 amide bonds. The number of quaternary nitrogens is 1. The molecule has 4 nitrogen and oxygen atoms in total. The molecule has 0 heterocycles. The van der Waals surface area contributed by atoms with E-state index in [9.17, 15) is 4.79 Å². The smallest absolute Gasteiger partial charge is 0.279 e. The molecule has 2 rings (SSSR count). The maximum Gasteiger partial charge on any atom is 0.279 e. The lowest BCUT2D eigenvalue weighted by Crippen LogP contribution is -3.08. The molecule has 0 saturated carbocycles. The van der Waals surface area contributed by atoms with Gasteiger partial charge in [-0.05, 0) is 30.7 Å². The van der Waals surface area contributed by atoms with Crippen molar-refractivity contribution >= 4 is 11.6 Å². The third-order valence-electron chi connectivity index (χ3n) is 3.49. The van der Waals surface area contributed by atoms with Gasteiger partial charge in [-0.25, -0.2) is 0 Å². The predicted octanol–water partition coefficient (Wildman–Crippen LogP) is 1.52. The van der Waals surface area contributed by atoms with Gasteiger partial charge in [-0.2, -0.15) is 5.26 Å². The minimum atomic E-state index is -0.0545. The summed E-state index contributed by atoms with van der Waals surface area (Å²) in [5.74, 6) is -0.0545. The Balaban J connectivity index is 1.91. The molecule has 0 fully saturated rings. The number of carbonyl (C=O) groups excluding carboxylic acids is 1. The van der Waals surface area contributed by atoms with Gasteiger partial charge in [0.2, 0.25) is 0 Å². The summed E-state index contributed by atoms with van der Waals surface area (Å²) in [6.45, 7) is 3.26. The topological polar surface area (TPSA) is 57.3 Å². The minimum absolute atomic E-state index is 0.0545. The number of rotatable bonds is 5. The summed E-state index contributed by atoms with van der Waals surface area (Å²) in [6, 6.07) is 17.2. The van der Waals surface area contributed by atoms with Crippen LogP contribution < -0.4 is 10.2 Å². The Hall–Kier alpha value is -2.64. The van der Waals surface area contributed by atoms with E-state index in [1.165, 1.54) is 11.1 Å². The first-order valence-corrected chi connectivity index (χ1v) is 7.24. The zero-order chi connectivity index (χ0) is 15.9. The van der Waals surface area contributed by atoms with Crippen molar-refractivity contribution in [3.63, 3.8) is 0 Å². The van der Waals surface area contributed by atoms with Crippen LogP contribution in [0.25, 0.3) is 0 Å². The first-order valence-electron chi connectivity index (χ1n) is 7.24. The fraction of sp³-hybridized carbons (Fsp3) is 0.222. The monoisotopic (exact) mass is 294 g/mol. The standard InChI is InChI=1S/C18H19N3O/c1-14-6-3-4-8-16(14)12-21(2)13-18(22)20-17-9-5-7-15(10-17)11-19/h3-10H,12-13H2,1-2H3,(H,20,22)/p+1. The average molecular weight is 294 g/mol. The van der Waals surface area contributed by atoms with Crippen LogP contribution in [0.2, 0.25) is 0 Å². The van der Waals surface area contributed by atoms with Crippen molar-refractivity contribution in [3.8, 4) is 6.07 Å². The molecular weight excluding hydrogens is 274 g/mol. The molecule has 2 aromatic carbocycles. The van der Waals surface area contributed by atoms with Crippen LogP contribution in [0, 0.1) is 18.3 Å². The van der Waals surface area contributed by atoms with Crippen molar-refractivity contribution in [2.45, 2.75) is 13.5 Å². The number of carbonyl (C=O) groups is 1. The zero-order valence-electron chi connectivity index (χ0n) is 12.9. The highest BCUT2D eigenvalue weighted by Crippen LogP contribution is 2.09. The van der Waals surface area contributed by atoms with E-state index in [-0.39, 0.29) is 5.91 Å². The molecule has 1 unspecified atom stereocenters. The van der Waals surface area contributed by atoms with Crippen LogP contribution in [0.5, 0.6) is 0 Å². The Bertz CT molecular complexity index is 703. The molecule has 2 N–H and O–H groups in total. The summed E-state index contributed by atoms with van der Waals surface area (Å²) < 4.78 is 0. The summed E-state index contributed by atoms with van der Waals surface area (Å²) >= 11 is 0. The lowest BCUT2D eigenvalue weighted by molar-refractivity contribution is -0.885. The van der Waals surface area contributed by atoms with E-state index in [1.807, 2.05) is 19.2 Å². The van der Waals surface area contributed by atoms with Crippen LogP contribution in [0.3, 0.4) is 0 Å². The highest BCUT2D eigenvalue weighted by molar-refractivity contribution is 5.91. The van der Waals surface area contributed by atoms with Gasteiger partial charge in [0.25, 0.3) is 5.91 Å². The van der Waals surface area contributed by atoms with E-state index in [0.717, 1.165) is 11.4 Å². The normalized spacial score (nSPS) is 11.5. The second-order valence-corrected chi connectivity index (χ2v) is 5.48. The Labute approximate surface area is 131 Å². The van der Waals surface area contributed by atoms with Gasteiger partial charge in [-0.15, -0.1) is 0 Å². The number of amides is 1. The molecule has 0 radical (unpaired) electrons. The van der Waals surface area contributed by atoms with Gasteiger partial charge in [0.15, 0.2) is 6.54 Å². The Kier molecular flexibility index (Phi) is 5.29. The predicted molar refractivity (Wildman–Crippen MR) is 86.4 cm³/mol. The van der Waals surface area contributed by atoms with Gasteiger partial charge in [0, 0.05) is 11.3 Å². The summed E-state index contributed by atoms with van der Waals surface area (Å²) in [4.78, 5) is 13.2. The van der Waals surface area contributed by atoms with Crippen LogP contribution in [0.4, 0.5) is 5.69 Å². The zero-order valence-corrected chi connectivity index (χ0v) is 12.9. The van der Waals surface area contributed by atoms with E-state index in [1.54, 1.807) is 24.3 Å². The van der Waals surface area contributed by atoms with Crippen LogP contribution >= 0.6 is 0 Å². The maximum atomic E-state index is 12.1. The van der Waals surface area contributed by atoms with E-state index < -0.39 is 0 Å². The number of hydrogen-bond acceptors (Lipinski definition) is 2. The highest BCUT2D eigenvalue weighted by Gasteiger charge is 2.12.